The Morgan fingerprint density at radius 2 is 0.938 bits per heavy atom. The first-order valence-electron chi connectivity index (χ1n) is 21.1. The van der Waals surface area contributed by atoms with Gasteiger partial charge in [0.05, 0.1) is 17.8 Å². The van der Waals surface area contributed by atoms with Crippen molar-refractivity contribution in [1.82, 2.24) is 5.32 Å². The summed E-state index contributed by atoms with van der Waals surface area (Å²) in [6, 6.07) is 0. The first-order chi connectivity index (χ1) is 22.6. The molecule has 0 unspecified atom stereocenters. The van der Waals surface area contributed by atoms with Gasteiger partial charge in [0.25, 0.3) is 0 Å². The van der Waals surface area contributed by atoms with Crippen molar-refractivity contribution in [2.45, 2.75) is 241 Å². The topological polar surface area (TPSA) is 47.6 Å². The van der Waals surface area contributed by atoms with Crippen molar-refractivity contribution in [3.05, 3.63) is 0 Å². The van der Waals surface area contributed by atoms with Crippen molar-refractivity contribution in [3.8, 4) is 0 Å². The molecular weight excluding hydrogens is 590 g/mol. The van der Waals surface area contributed by atoms with E-state index in [0.717, 1.165) is 38.6 Å². The Hall–Kier alpha value is -0.610. The second kappa shape index (κ2) is 27.1. The van der Waals surface area contributed by atoms with Crippen LogP contribution in [-0.4, -0.2) is 37.4 Å². The number of carbonyl (C=O) groups is 1. The molecule has 0 rings (SSSR count). The fourth-order valence-corrected chi connectivity index (χ4v) is 7.93. The van der Waals surface area contributed by atoms with Gasteiger partial charge in [0, 0.05) is 19.6 Å². The van der Waals surface area contributed by atoms with Gasteiger partial charge in [0.1, 0.15) is 0 Å². The molecule has 288 valence electrons. The molecule has 1 N–H and O–H groups in total. The summed E-state index contributed by atoms with van der Waals surface area (Å²) >= 11 is 0. The van der Waals surface area contributed by atoms with Crippen LogP contribution in [0.15, 0.2) is 0 Å². The highest BCUT2D eigenvalue weighted by Gasteiger charge is 2.35. The lowest BCUT2D eigenvalue weighted by molar-refractivity contribution is -0.126. The lowest BCUT2D eigenvalue weighted by atomic mass is 9.70. The van der Waals surface area contributed by atoms with Crippen molar-refractivity contribution in [3.63, 3.8) is 0 Å². The molecule has 4 nitrogen and oxygen atoms in total. The molecule has 0 spiro atoms. The maximum atomic E-state index is 13.6. The average Bonchev–Trinajstić information content (AvgIpc) is 2.99. The zero-order valence-electron chi connectivity index (χ0n) is 34.9. The summed E-state index contributed by atoms with van der Waals surface area (Å²) in [4.78, 5) is 13.6. The van der Waals surface area contributed by atoms with Gasteiger partial charge in [-0.1, -0.05) is 170 Å². The van der Waals surface area contributed by atoms with Crippen molar-refractivity contribution in [1.29, 1.82) is 0 Å². The van der Waals surface area contributed by atoms with Crippen molar-refractivity contribution < 1.29 is 14.3 Å². The summed E-state index contributed by atoms with van der Waals surface area (Å²) in [5.74, 6) is 0.470. The lowest BCUT2D eigenvalue weighted by Gasteiger charge is -2.40. The molecule has 48 heavy (non-hydrogen) atoms. The number of amides is 1. The summed E-state index contributed by atoms with van der Waals surface area (Å²) in [7, 11) is 1.77. The number of rotatable bonds is 34. The van der Waals surface area contributed by atoms with Gasteiger partial charge in [-0.05, 0) is 70.6 Å². The van der Waals surface area contributed by atoms with Crippen LogP contribution in [0.25, 0.3) is 0 Å². The third kappa shape index (κ3) is 28.1. The minimum absolute atomic E-state index is 0.0199. The molecule has 0 saturated carbocycles. The van der Waals surface area contributed by atoms with Crippen molar-refractivity contribution in [2.75, 3.05) is 20.3 Å². The second-order valence-electron chi connectivity index (χ2n) is 18.4. The Balaban J connectivity index is 4.84. The number of methoxy groups -OCH3 is 1. The first kappa shape index (κ1) is 47.4. The van der Waals surface area contributed by atoms with Crippen LogP contribution >= 0.6 is 0 Å². The fraction of sp³-hybridized carbons (Fsp3) is 0.977. The third-order valence-corrected chi connectivity index (χ3v) is 10.5. The van der Waals surface area contributed by atoms with E-state index in [2.05, 4.69) is 74.6 Å². The highest BCUT2D eigenvalue weighted by atomic mass is 16.5. The number of hydrogen-bond donors (Lipinski definition) is 1. The number of unbranched alkanes of at least 4 members (excludes halogenated alkanes) is 18. The summed E-state index contributed by atoms with van der Waals surface area (Å²) in [5, 5.41) is 3.45. The van der Waals surface area contributed by atoms with E-state index in [4.69, 9.17) is 9.47 Å². The van der Waals surface area contributed by atoms with Crippen LogP contribution < -0.4 is 5.32 Å². The van der Waals surface area contributed by atoms with E-state index in [9.17, 15) is 4.79 Å². The lowest BCUT2D eigenvalue weighted by Crippen LogP contribution is -2.41. The molecule has 1 amide bonds. The molecule has 0 aliphatic rings. The van der Waals surface area contributed by atoms with Crippen molar-refractivity contribution in [2.24, 2.45) is 16.7 Å². The molecule has 0 aromatic carbocycles. The Morgan fingerprint density at radius 1 is 0.542 bits per heavy atom. The molecule has 4 heteroatoms. The minimum Gasteiger partial charge on any atom is -0.379 e. The molecule has 0 aromatic rings. The van der Waals surface area contributed by atoms with Gasteiger partial charge in [-0.3, -0.25) is 4.79 Å². The Labute approximate surface area is 302 Å². The highest BCUT2D eigenvalue weighted by Crippen LogP contribution is 2.40. The standard InChI is InChI=1S/C44H89NO3/c1-12-14-16-18-20-22-24-26-28-30-32-39(33-31-29-27-25-23-21-19-17-15-13-2)40(46)45-38-42(5,6)36-41(3,4)37-44(9,10)48-35-34-43(7,8)47-11/h39H,12-38H2,1-11H3,(H,45,46). The predicted octanol–water partition coefficient (Wildman–Crippen LogP) is 13.8. The van der Waals surface area contributed by atoms with Crippen LogP contribution in [0.4, 0.5) is 0 Å². The van der Waals surface area contributed by atoms with Crippen LogP contribution in [0.2, 0.25) is 0 Å². The monoisotopic (exact) mass is 680 g/mol. The molecule has 0 aromatic heterocycles. The smallest absolute Gasteiger partial charge is 0.223 e. The number of ether oxygens (including phenoxy) is 2. The quantitative estimate of drug-likeness (QED) is 0.0689. The number of hydrogen-bond acceptors (Lipinski definition) is 3. The SMILES string of the molecule is CCCCCCCCCCCCC(CCCCCCCCCCCC)C(=O)NCC(C)(C)CC(C)(C)CC(C)(C)OCCC(C)(C)OC. The Morgan fingerprint density at radius 3 is 1.33 bits per heavy atom. The molecule has 0 heterocycles. The van der Waals surface area contributed by atoms with Crippen LogP contribution in [0.5, 0.6) is 0 Å². The van der Waals surface area contributed by atoms with Crippen LogP contribution in [0, 0.1) is 16.7 Å². The van der Waals surface area contributed by atoms with Gasteiger partial charge in [-0.2, -0.15) is 0 Å². The summed E-state index contributed by atoms with van der Waals surface area (Å²) in [6.07, 6.45) is 31.9. The fourth-order valence-electron chi connectivity index (χ4n) is 7.93. The molecular formula is C44H89NO3. The van der Waals surface area contributed by atoms with Crippen LogP contribution in [0.3, 0.4) is 0 Å². The summed E-state index contributed by atoms with van der Waals surface area (Å²) in [6.45, 7) is 24.0. The van der Waals surface area contributed by atoms with E-state index in [0.29, 0.717) is 12.5 Å². The van der Waals surface area contributed by atoms with Gasteiger partial charge in [-0.25, -0.2) is 0 Å². The molecule has 0 aliphatic carbocycles. The highest BCUT2D eigenvalue weighted by molar-refractivity contribution is 5.78. The Kier molecular flexibility index (Phi) is 26.8. The van der Waals surface area contributed by atoms with Gasteiger partial charge < -0.3 is 14.8 Å². The van der Waals surface area contributed by atoms with Gasteiger partial charge in [-0.15, -0.1) is 0 Å². The zero-order chi connectivity index (χ0) is 36.4. The normalized spacial score (nSPS) is 13.1. The van der Waals surface area contributed by atoms with Gasteiger partial charge in [0.2, 0.25) is 5.91 Å². The maximum Gasteiger partial charge on any atom is 0.223 e. The van der Waals surface area contributed by atoms with E-state index < -0.39 is 0 Å². The zero-order valence-corrected chi connectivity index (χ0v) is 34.9. The van der Waals surface area contributed by atoms with E-state index in [-0.39, 0.29) is 27.9 Å². The first-order valence-corrected chi connectivity index (χ1v) is 21.1. The largest absolute Gasteiger partial charge is 0.379 e. The number of carbonyl (C=O) groups excluding carboxylic acids is 1. The van der Waals surface area contributed by atoms with Crippen LogP contribution in [0.1, 0.15) is 230 Å². The summed E-state index contributed by atoms with van der Waals surface area (Å²) in [5.41, 5.74) is -0.251. The molecule has 0 fully saturated rings. The van der Waals surface area contributed by atoms with E-state index >= 15 is 0 Å². The van der Waals surface area contributed by atoms with Crippen LogP contribution in [-0.2, 0) is 14.3 Å². The van der Waals surface area contributed by atoms with Crippen molar-refractivity contribution >= 4 is 5.91 Å². The van der Waals surface area contributed by atoms with Gasteiger partial charge >= 0.3 is 0 Å². The summed E-state index contributed by atoms with van der Waals surface area (Å²) < 4.78 is 12.0. The van der Waals surface area contributed by atoms with Gasteiger partial charge in [0.15, 0.2) is 0 Å². The second-order valence-corrected chi connectivity index (χ2v) is 18.4. The molecule has 0 atom stereocenters. The Bertz CT molecular complexity index is 732. The molecule has 0 radical (unpaired) electrons. The van der Waals surface area contributed by atoms with E-state index in [1.165, 1.54) is 128 Å². The van der Waals surface area contributed by atoms with E-state index in [1.54, 1.807) is 7.11 Å². The average molecular weight is 680 g/mol. The number of nitrogens with one attached hydrogen (secondary N) is 1. The molecule has 0 aliphatic heterocycles. The molecule has 0 bridgehead atoms. The third-order valence-electron chi connectivity index (χ3n) is 10.5. The maximum absolute atomic E-state index is 13.6. The minimum atomic E-state index is -0.206. The van der Waals surface area contributed by atoms with E-state index in [1.807, 2.05) is 0 Å². The predicted molar refractivity (Wildman–Crippen MR) is 212 cm³/mol. The molecule has 0 saturated heterocycles.